The Labute approximate surface area is 131 Å². The molecule has 0 saturated heterocycles. The Bertz CT molecular complexity index is 714. The van der Waals surface area contributed by atoms with Crippen LogP contribution in [0.1, 0.15) is 12.0 Å². The summed E-state index contributed by atoms with van der Waals surface area (Å²) in [6.45, 7) is 0. The highest BCUT2D eigenvalue weighted by molar-refractivity contribution is 6.30. The van der Waals surface area contributed by atoms with Crippen molar-refractivity contribution in [3.63, 3.8) is 0 Å². The van der Waals surface area contributed by atoms with Gasteiger partial charge in [0.2, 0.25) is 6.10 Å². The van der Waals surface area contributed by atoms with E-state index in [-0.39, 0.29) is 11.7 Å². The Hall–Kier alpha value is -2.40. The van der Waals surface area contributed by atoms with Gasteiger partial charge in [0.15, 0.2) is 0 Å². The summed E-state index contributed by atoms with van der Waals surface area (Å²) in [6.07, 6.45) is -0.360. The molecule has 6 heteroatoms. The van der Waals surface area contributed by atoms with Gasteiger partial charge in [-0.2, -0.15) is 0 Å². The molecule has 4 nitrogen and oxygen atoms in total. The summed E-state index contributed by atoms with van der Waals surface area (Å²) in [7, 11) is 0. The third-order valence-corrected chi connectivity index (χ3v) is 3.50. The molecule has 112 valence electrons. The Kier molecular flexibility index (Phi) is 4.06. The van der Waals surface area contributed by atoms with E-state index in [4.69, 9.17) is 16.4 Å². The molecular formula is C16H12ClFN2O2. The fourth-order valence-corrected chi connectivity index (χ4v) is 2.21. The molecule has 2 aromatic rings. The van der Waals surface area contributed by atoms with Gasteiger partial charge < -0.3 is 10.2 Å². The van der Waals surface area contributed by atoms with E-state index in [2.05, 4.69) is 10.5 Å². The fourth-order valence-electron chi connectivity index (χ4n) is 2.09. The first kappa shape index (κ1) is 14.5. The summed E-state index contributed by atoms with van der Waals surface area (Å²) >= 11 is 5.79. The summed E-state index contributed by atoms with van der Waals surface area (Å²) in [5, 5.41) is 7.24. The van der Waals surface area contributed by atoms with Crippen molar-refractivity contribution in [2.75, 3.05) is 5.32 Å². The van der Waals surface area contributed by atoms with Gasteiger partial charge in [0, 0.05) is 17.1 Å². The summed E-state index contributed by atoms with van der Waals surface area (Å²) < 4.78 is 12.9. The lowest BCUT2D eigenvalue weighted by Gasteiger charge is -2.09. The Balaban J connectivity index is 1.62. The highest BCUT2D eigenvalue weighted by Gasteiger charge is 2.28. The number of nitrogens with zero attached hydrogens (tertiary/aromatic N) is 1. The molecule has 1 aliphatic rings. The molecule has 1 N–H and O–H groups in total. The van der Waals surface area contributed by atoms with Crippen molar-refractivity contribution in [3.05, 3.63) is 64.9 Å². The summed E-state index contributed by atoms with van der Waals surface area (Å²) in [4.78, 5) is 17.3. The predicted octanol–water partition coefficient (Wildman–Crippen LogP) is 3.61. The first-order valence-corrected chi connectivity index (χ1v) is 7.05. The monoisotopic (exact) mass is 318 g/mol. The van der Waals surface area contributed by atoms with Crippen molar-refractivity contribution in [1.29, 1.82) is 0 Å². The van der Waals surface area contributed by atoms with Gasteiger partial charge in [0.25, 0.3) is 5.91 Å². The second kappa shape index (κ2) is 6.15. The minimum Gasteiger partial charge on any atom is -0.382 e. The van der Waals surface area contributed by atoms with E-state index in [9.17, 15) is 9.18 Å². The molecule has 0 bridgehead atoms. The van der Waals surface area contributed by atoms with Crippen molar-refractivity contribution in [3.8, 4) is 0 Å². The van der Waals surface area contributed by atoms with Crippen molar-refractivity contribution in [1.82, 2.24) is 0 Å². The number of oxime groups is 1. The van der Waals surface area contributed by atoms with Crippen LogP contribution in [0.15, 0.2) is 53.7 Å². The van der Waals surface area contributed by atoms with E-state index < -0.39 is 6.10 Å². The minimum absolute atomic E-state index is 0.289. The van der Waals surface area contributed by atoms with Crippen LogP contribution in [0.2, 0.25) is 5.02 Å². The number of amides is 1. The van der Waals surface area contributed by atoms with E-state index in [0.29, 0.717) is 22.8 Å². The third-order valence-electron chi connectivity index (χ3n) is 3.25. The van der Waals surface area contributed by atoms with Gasteiger partial charge >= 0.3 is 0 Å². The fraction of sp³-hybridized carbons (Fsp3) is 0.125. The zero-order chi connectivity index (χ0) is 15.5. The molecule has 1 amide bonds. The van der Waals surface area contributed by atoms with Gasteiger partial charge in [-0.15, -0.1) is 0 Å². The number of anilines is 1. The summed E-state index contributed by atoms with van der Waals surface area (Å²) in [5.74, 6) is -0.608. The SMILES string of the molecule is O=C(Nc1ccc(Cl)cc1)[C@H]1CC(c2ccc(F)cc2)=NO1. The molecule has 0 spiro atoms. The van der Waals surface area contributed by atoms with Gasteiger partial charge in [-0.1, -0.05) is 28.9 Å². The van der Waals surface area contributed by atoms with Crippen LogP contribution in [0, 0.1) is 5.82 Å². The zero-order valence-electron chi connectivity index (χ0n) is 11.4. The predicted molar refractivity (Wildman–Crippen MR) is 82.5 cm³/mol. The molecule has 1 atom stereocenters. The minimum atomic E-state index is -0.698. The average Bonchev–Trinajstić information content (AvgIpc) is 3.00. The molecule has 0 aliphatic carbocycles. The van der Waals surface area contributed by atoms with E-state index in [1.807, 2.05) is 0 Å². The molecule has 0 unspecified atom stereocenters. The number of nitrogens with one attached hydrogen (secondary N) is 1. The van der Waals surface area contributed by atoms with E-state index in [0.717, 1.165) is 5.56 Å². The molecule has 1 heterocycles. The smallest absolute Gasteiger partial charge is 0.268 e. The second-order valence-corrected chi connectivity index (χ2v) is 5.28. The molecule has 0 fully saturated rings. The standard InChI is InChI=1S/C16H12ClFN2O2/c17-11-3-7-13(8-4-11)19-16(21)15-9-14(20-22-15)10-1-5-12(18)6-2-10/h1-8,15H,9H2,(H,19,21)/t15-/m1/s1. The number of hydrogen-bond donors (Lipinski definition) is 1. The number of carbonyl (C=O) groups excluding carboxylic acids is 1. The van der Waals surface area contributed by atoms with E-state index >= 15 is 0 Å². The number of benzene rings is 2. The summed E-state index contributed by atoms with van der Waals surface area (Å²) in [5.41, 5.74) is 1.99. The average molecular weight is 319 g/mol. The molecule has 0 radical (unpaired) electrons. The van der Waals surface area contributed by atoms with Crippen molar-refractivity contribution in [2.24, 2.45) is 5.16 Å². The third kappa shape index (κ3) is 3.26. The normalized spacial score (nSPS) is 16.8. The second-order valence-electron chi connectivity index (χ2n) is 4.84. The van der Waals surface area contributed by atoms with Crippen LogP contribution in [-0.4, -0.2) is 17.7 Å². The molecule has 0 saturated carbocycles. The molecule has 3 rings (SSSR count). The summed E-state index contributed by atoms with van der Waals surface area (Å²) in [6, 6.07) is 12.7. The molecule has 2 aromatic carbocycles. The number of hydrogen-bond acceptors (Lipinski definition) is 3. The Morgan fingerprint density at radius 3 is 2.55 bits per heavy atom. The highest BCUT2D eigenvalue weighted by atomic mass is 35.5. The van der Waals surface area contributed by atoms with Gasteiger partial charge in [0.05, 0.1) is 5.71 Å². The first-order chi connectivity index (χ1) is 10.6. The van der Waals surface area contributed by atoms with Crippen LogP contribution in [0.3, 0.4) is 0 Å². The van der Waals surface area contributed by atoms with E-state index in [1.165, 1.54) is 12.1 Å². The molecule has 22 heavy (non-hydrogen) atoms. The maximum absolute atomic E-state index is 12.9. The zero-order valence-corrected chi connectivity index (χ0v) is 12.2. The van der Waals surface area contributed by atoms with Crippen molar-refractivity contribution in [2.45, 2.75) is 12.5 Å². The maximum Gasteiger partial charge on any atom is 0.268 e. The Morgan fingerprint density at radius 2 is 1.86 bits per heavy atom. The quantitative estimate of drug-likeness (QED) is 0.940. The molecule has 0 aromatic heterocycles. The molecular weight excluding hydrogens is 307 g/mol. The molecule has 1 aliphatic heterocycles. The van der Waals surface area contributed by atoms with Crippen LogP contribution in [0.5, 0.6) is 0 Å². The lowest BCUT2D eigenvalue weighted by Crippen LogP contribution is -2.28. The number of halogens is 2. The highest BCUT2D eigenvalue weighted by Crippen LogP contribution is 2.19. The van der Waals surface area contributed by atoms with Crippen LogP contribution in [-0.2, 0) is 9.63 Å². The number of rotatable bonds is 3. The van der Waals surface area contributed by atoms with Crippen LogP contribution < -0.4 is 5.32 Å². The van der Waals surface area contributed by atoms with Crippen molar-refractivity contribution >= 4 is 28.9 Å². The van der Waals surface area contributed by atoms with Crippen LogP contribution in [0.4, 0.5) is 10.1 Å². The van der Waals surface area contributed by atoms with Crippen LogP contribution in [0.25, 0.3) is 0 Å². The van der Waals surface area contributed by atoms with Gasteiger partial charge in [-0.3, -0.25) is 4.79 Å². The van der Waals surface area contributed by atoms with Gasteiger partial charge in [-0.05, 0) is 42.0 Å². The maximum atomic E-state index is 12.9. The number of carbonyl (C=O) groups is 1. The Morgan fingerprint density at radius 1 is 1.18 bits per heavy atom. The van der Waals surface area contributed by atoms with Crippen molar-refractivity contribution < 1.29 is 14.0 Å². The lowest BCUT2D eigenvalue weighted by atomic mass is 10.0. The first-order valence-electron chi connectivity index (χ1n) is 6.67. The largest absolute Gasteiger partial charge is 0.382 e. The topological polar surface area (TPSA) is 50.7 Å². The van der Waals surface area contributed by atoms with Gasteiger partial charge in [0.1, 0.15) is 5.82 Å². The van der Waals surface area contributed by atoms with Crippen LogP contribution >= 0.6 is 11.6 Å². The van der Waals surface area contributed by atoms with Gasteiger partial charge in [-0.25, -0.2) is 4.39 Å². The lowest BCUT2D eigenvalue weighted by molar-refractivity contribution is -0.125. The van der Waals surface area contributed by atoms with E-state index in [1.54, 1.807) is 36.4 Å².